The van der Waals surface area contributed by atoms with Crippen molar-refractivity contribution >= 4 is 29.7 Å². The summed E-state index contributed by atoms with van der Waals surface area (Å²) in [5, 5.41) is 13.6. The molecule has 0 aromatic heterocycles. The van der Waals surface area contributed by atoms with Crippen molar-refractivity contribution in [2.24, 2.45) is 0 Å². The van der Waals surface area contributed by atoms with Crippen LogP contribution in [-0.4, -0.2) is 40.1 Å². The number of urea groups is 1. The summed E-state index contributed by atoms with van der Waals surface area (Å²) >= 11 is 1.81. The predicted molar refractivity (Wildman–Crippen MR) is 77.6 cm³/mol. The van der Waals surface area contributed by atoms with Crippen LogP contribution in [-0.2, 0) is 9.59 Å². The molecule has 0 saturated carbocycles. The van der Waals surface area contributed by atoms with E-state index in [0.717, 1.165) is 18.6 Å². The van der Waals surface area contributed by atoms with Crippen molar-refractivity contribution in [1.29, 1.82) is 0 Å². The normalized spacial score (nSPS) is 22.9. The summed E-state index contributed by atoms with van der Waals surface area (Å²) in [6, 6.07) is -0.596. The smallest absolute Gasteiger partial charge is 0.331 e. The van der Waals surface area contributed by atoms with Gasteiger partial charge in [0.25, 0.3) is 5.91 Å². The number of rotatable bonds is 4. The van der Waals surface area contributed by atoms with Crippen molar-refractivity contribution < 1.29 is 19.5 Å². The van der Waals surface area contributed by atoms with Gasteiger partial charge in [-0.15, -0.1) is 0 Å². The number of carbonyl (C=O) groups is 3. The van der Waals surface area contributed by atoms with Gasteiger partial charge in [-0.3, -0.25) is 10.1 Å². The number of nitrogens with one attached hydrogen (secondary N) is 2. The summed E-state index contributed by atoms with van der Waals surface area (Å²) in [6.45, 7) is 5.26. The van der Waals surface area contributed by atoms with Crippen LogP contribution in [0, 0.1) is 0 Å². The van der Waals surface area contributed by atoms with Gasteiger partial charge in [0, 0.05) is 22.4 Å². The first kappa shape index (κ1) is 16.6. The molecule has 0 bridgehead atoms. The van der Waals surface area contributed by atoms with Crippen LogP contribution in [0.15, 0.2) is 11.1 Å². The number of carbonyl (C=O) groups excluding carboxylic acids is 2. The molecule has 1 unspecified atom stereocenters. The molecular weight excluding hydrogens is 280 g/mol. The minimum atomic E-state index is -1.17. The third kappa shape index (κ3) is 4.56. The molecule has 112 valence electrons. The summed E-state index contributed by atoms with van der Waals surface area (Å²) in [5.41, 5.74) is -0.0530. The zero-order chi connectivity index (χ0) is 15.3. The maximum Gasteiger partial charge on any atom is 0.331 e. The van der Waals surface area contributed by atoms with E-state index < -0.39 is 17.9 Å². The molecule has 1 aliphatic rings. The third-order valence-electron chi connectivity index (χ3n) is 3.37. The first-order valence-electron chi connectivity index (χ1n) is 6.39. The van der Waals surface area contributed by atoms with Gasteiger partial charge in [0.1, 0.15) is 0 Å². The molecule has 0 aromatic rings. The van der Waals surface area contributed by atoms with Gasteiger partial charge in [-0.05, 0) is 39.4 Å². The lowest BCUT2D eigenvalue weighted by molar-refractivity contribution is -0.133. The van der Waals surface area contributed by atoms with Gasteiger partial charge in [0.2, 0.25) is 0 Å². The maximum atomic E-state index is 11.7. The van der Waals surface area contributed by atoms with Gasteiger partial charge in [0.15, 0.2) is 0 Å². The van der Waals surface area contributed by atoms with E-state index in [1.165, 1.54) is 13.8 Å². The first-order chi connectivity index (χ1) is 9.25. The summed E-state index contributed by atoms with van der Waals surface area (Å²) in [6.07, 6.45) is 2.16. The Hall–Kier alpha value is -1.50. The van der Waals surface area contributed by atoms with E-state index >= 15 is 0 Å². The van der Waals surface area contributed by atoms with Crippen LogP contribution in [0.1, 0.15) is 33.6 Å². The number of thioether (sulfide) groups is 1. The quantitative estimate of drug-likeness (QED) is 0.684. The van der Waals surface area contributed by atoms with E-state index in [9.17, 15) is 14.4 Å². The zero-order valence-corrected chi connectivity index (χ0v) is 12.7. The largest absolute Gasteiger partial charge is 0.478 e. The Morgan fingerprint density at radius 3 is 2.40 bits per heavy atom. The monoisotopic (exact) mass is 300 g/mol. The maximum absolute atomic E-state index is 11.7. The highest BCUT2D eigenvalue weighted by molar-refractivity contribution is 8.00. The lowest BCUT2D eigenvalue weighted by atomic mass is 10.1. The highest BCUT2D eigenvalue weighted by Crippen LogP contribution is 2.36. The third-order valence-corrected chi connectivity index (χ3v) is 4.91. The van der Waals surface area contributed by atoms with Crippen molar-refractivity contribution in [2.45, 2.75) is 38.4 Å². The fourth-order valence-electron chi connectivity index (χ4n) is 1.82. The second kappa shape index (κ2) is 6.78. The Kier molecular flexibility index (Phi) is 5.62. The van der Waals surface area contributed by atoms with Crippen LogP contribution in [0.3, 0.4) is 0 Å². The van der Waals surface area contributed by atoms with Crippen molar-refractivity contribution in [3.8, 4) is 0 Å². The van der Waals surface area contributed by atoms with Crippen molar-refractivity contribution in [2.75, 3.05) is 12.3 Å². The molecule has 1 heterocycles. The highest BCUT2D eigenvalue weighted by atomic mass is 32.2. The molecule has 6 nitrogen and oxygen atoms in total. The summed E-state index contributed by atoms with van der Waals surface area (Å²) < 4.78 is 0.0161. The lowest BCUT2D eigenvalue weighted by Crippen LogP contribution is -2.45. The number of aliphatic carboxylic acids is 1. The van der Waals surface area contributed by atoms with Crippen molar-refractivity contribution in [1.82, 2.24) is 10.6 Å². The topological polar surface area (TPSA) is 95.5 Å². The van der Waals surface area contributed by atoms with E-state index in [-0.39, 0.29) is 15.9 Å². The number of hydrogen-bond donors (Lipinski definition) is 3. The van der Waals surface area contributed by atoms with Gasteiger partial charge >= 0.3 is 12.0 Å². The number of imide groups is 1. The zero-order valence-electron chi connectivity index (χ0n) is 11.9. The average Bonchev–Trinajstić information content (AvgIpc) is 2.82. The predicted octanol–water partition coefficient (Wildman–Crippen LogP) is 1.52. The van der Waals surface area contributed by atoms with Crippen LogP contribution in [0.4, 0.5) is 4.79 Å². The van der Waals surface area contributed by atoms with Crippen molar-refractivity contribution in [3.05, 3.63) is 11.1 Å². The molecule has 0 aliphatic carbocycles. The molecule has 0 aromatic carbocycles. The molecular formula is C13H20N2O4S. The van der Waals surface area contributed by atoms with Crippen LogP contribution in [0.5, 0.6) is 0 Å². The second-order valence-electron chi connectivity index (χ2n) is 5.09. The molecule has 1 fully saturated rings. The lowest BCUT2D eigenvalue weighted by Gasteiger charge is -2.22. The van der Waals surface area contributed by atoms with Gasteiger partial charge in [-0.25, -0.2) is 9.59 Å². The van der Waals surface area contributed by atoms with E-state index in [1.807, 2.05) is 0 Å². The van der Waals surface area contributed by atoms with E-state index in [1.54, 1.807) is 11.8 Å². The molecule has 7 heteroatoms. The fraction of sp³-hybridized carbons (Fsp3) is 0.615. The summed E-state index contributed by atoms with van der Waals surface area (Å²) in [5.74, 6) is -0.780. The van der Waals surface area contributed by atoms with E-state index in [0.29, 0.717) is 6.54 Å². The molecule has 1 rings (SSSR count). The average molecular weight is 300 g/mol. The molecule has 3 N–H and O–H groups in total. The number of hydrogen-bond acceptors (Lipinski definition) is 4. The van der Waals surface area contributed by atoms with E-state index in [2.05, 4.69) is 17.6 Å². The molecule has 20 heavy (non-hydrogen) atoms. The Labute approximate surface area is 122 Å². The summed E-state index contributed by atoms with van der Waals surface area (Å²) in [7, 11) is 0. The molecule has 0 spiro atoms. The Morgan fingerprint density at radius 2 is 1.90 bits per heavy atom. The molecule has 0 radical (unpaired) electrons. The molecule has 3 amide bonds. The standard InChI is InChI=1S/C13H20N2O4S/c1-8(9(2)11(17)18)10(16)15-12(19)14-7-13(3)5-4-6-20-13/h4-7H2,1-3H3,(H,17,18)(H2,14,15,16,19). The highest BCUT2D eigenvalue weighted by Gasteiger charge is 2.29. The van der Waals surface area contributed by atoms with Gasteiger partial charge in [-0.1, -0.05) is 0 Å². The van der Waals surface area contributed by atoms with E-state index in [4.69, 9.17) is 5.11 Å². The number of carboxylic acids is 1. The summed E-state index contributed by atoms with van der Waals surface area (Å²) in [4.78, 5) is 34.0. The Bertz CT molecular complexity index is 453. The Balaban J connectivity index is 2.48. The second-order valence-corrected chi connectivity index (χ2v) is 6.78. The van der Waals surface area contributed by atoms with Gasteiger partial charge in [0.05, 0.1) is 0 Å². The minimum Gasteiger partial charge on any atom is -0.478 e. The fourth-order valence-corrected chi connectivity index (χ4v) is 3.06. The van der Waals surface area contributed by atoms with Crippen LogP contribution in [0.2, 0.25) is 0 Å². The van der Waals surface area contributed by atoms with Crippen molar-refractivity contribution in [3.63, 3.8) is 0 Å². The van der Waals surface area contributed by atoms with Crippen LogP contribution in [0.25, 0.3) is 0 Å². The van der Waals surface area contributed by atoms with Gasteiger partial charge < -0.3 is 10.4 Å². The molecule has 1 aliphatic heterocycles. The van der Waals surface area contributed by atoms with Gasteiger partial charge in [-0.2, -0.15) is 11.8 Å². The number of amides is 3. The molecule has 1 atom stereocenters. The van der Waals surface area contributed by atoms with Crippen LogP contribution >= 0.6 is 11.8 Å². The number of carboxylic acid groups (broad SMARTS) is 1. The van der Waals surface area contributed by atoms with Crippen LogP contribution < -0.4 is 10.6 Å². The SMILES string of the molecule is CC(C(=O)O)=C(C)C(=O)NC(=O)NCC1(C)CCCS1. The first-order valence-corrected chi connectivity index (χ1v) is 7.38. The molecule has 1 saturated heterocycles. The Morgan fingerprint density at radius 1 is 1.25 bits per heavy atom. The minimum absolute atomic E-state index is 0.0161.